The van der Waals surface area contributed by atoms with Crippen LogP contribution in [-0.2, 0) is 4.74 Å². The van der Waals surface area contributed by atoms with Crippen LogP contribution in [-0.4, -0.2) is 25.5 Å². The highest BCUT2D eigenvalue weighted by Crippen LogP contribution is 2.23. The Balaban J connectivity index is 3.03. The first-order valence-electron chi connectivity index (χ1n) is 4.88. The predicted molar refractivity (Wildman–Crippen MR) is 61.9 cm³/mol. The molecular weight excluding hydrogens is 252 g/mol. The lowest BCUT2D eigenvalue weighted by Gasteiger charge is -2.16. The van der Waals surface area contributed by atoms with Gasteiger partial charge in [-0.3, -0.25) is 0 Å². The molecule has 0 bridgehead atoms. The SMILES string of the molecule is COC(=O)c1ccc(Cl)cc1NC(C)C(F)F. The van der Waals surface area contributed by atoms with Crippen molar-refractivity contribution in [3.05, 3.63) is 28.8 Å². The molecule has 0 aromatic heterocycles. The van der Waals surface area contributed by atoms with Gasteiger partial charge in [-0.25, -0.2) is 13.6 Å². The number of halogens is 3. The third kappa shape index (κ3) is 3.56. The normalized spacial score (nSPS) is 12.4. The lowest BCUT2D eigenvalue weighted by atomic mass is 10.1. The summed E-state index contributed by atoms with van der Waals surface area (Å²) in [4.78, 5) is 11.4. The molecule has 1 atom stereocenters. The van der Waals surface area contributed by atoms with Gasteiger partial charge in [-0.15, -0.1) is 0 Å². The Bertz CT molecular complexity index is 412. The quantitative estimate of drug-likeness (QED) is 0.848. The first kappa shape index (κ1) is 13.7. The van der Waals surface area contributed by atoms with Crippen LogP contribution in [0, 0.1) is 0 Å². The molecule has 1 aromatic carbocycles. The van der Waals surface area contributed by atoms with Gasteiger partial charge in [-0.2, -0.15) is 0 Å². The molecule has 1 N–H and O–H groups in total. The lowest BCUT2D eigenvalue weighted by molar-refractivity contribution is 0.0601. The molecule has 0 aliphatic rings. The van der Waals surface area contributed by atoms with Gasteiger partial charge in [0.25, 0.3) is 6.43 Å². The number of anilines is 1. The molecule has 0 aliphatic carbocycles. The minimum absolute atomic E-state index is 0.171. The van der Waals surface area contributed by atoms with Crippen LogP contribution < -0.4 is 5.32 Å². The van der Waals surface area contributed by atoms with E-state index in [0.29, 0.717) is 5.02 Å². The summed E-state index contributed by atoms with van der Waals surface area (Å²) in [5.41, 5.74) is 0.404. The molecule has 1 aromatic rings. The van der Waals surface area contributed by atoms with Crippen molar-refractivity contribution < 1.29 is 18.3 Å². The van der Waals surface area contributed by atoms with Crippen molar-refractivity contribution in [1.82, 2.24) is 0 Å². The van der Waals surface area contributed by atoms with Gasteiger partial charge in [0.1, 0.15) is 0 Å². The Morgan fingerprint density at radius 1 is 1.47 bits per heavy atom. The van der Waals surface area contributed by atoms with Gasteiger partial charge >= 0.3 is 5.97 Å². The third-order valence-electron chi connectivity index (χ3n) is 2.15. The average Bonchev–Trinajstić information content (AvgIpc) is 2.28. The Morgan fingerprint density at radius 3 is 2.65 bits per heavy atom. The number of nitrogens with one attached hydrogen (secondary N) is 1. The largest absolute Gasteiger partial charge is 0.465 e. The van der Waals surface area contributed by atoms with Gasteiger partial charge < -0.3 is 10.1 Å². The summed E-state index contributed by atoms with van der Waals surface area (Å²) in [6.07, 6.45) is -2.54. The van der Waals surface area contributed by atoms with E-state index < -0.39 is 18.4 Å². The number of alkyl halides is 2. The number of hydrogen-bond acceptors (Lipinski definition) is 3. The van der Waals surface area contributed by atoms with E-state index in [4.69, 9.17) is 11.6 Å². The van der Waals surface area contributed by atoms with E-state index in [9.17, 15) is 13.6 Å². The maximum atomic E-state index is 12.4. The molecule has 94 valence electrons. The molecule has 3 nitrogen and oxygen atoms in total. The van der Waals surface area contributed by atoms with Gasteiger partial charge in [-0.05, 0) is 25.1 Å². The van der Waals surface area contributed by atoms with Crippen LogP contribution in [0.4, 0.5) is 14.5 Å². The Labute approximate surface area is 103 Å². The van der Waals surface area contributed by atoms with E-state index >= 15 is 0 Å². The first-order chi connectivity index (χ1) is 7.95. The van der Waals surface area contributed by atoms with Gasteiger partial charge in [0.15, 0.2) is 0 Å². The molecule has 0 heterocycles. The fourth-order valence-corrected chi connectivity index (χ4v) is 1.40. The fraction of sp³-hybridized carbons (Fsp3) is 0.364. The number of methoxy groups -OCH3 is 1. The zero-order chi connectivity index (χ0) is 13.0. The monoisotopic (exact) mass is 263 g/mol. The van der Waals surface area contributed by atoms with Crippen molar-refractivity contribution in [3.63, 3.8) is 0 Å². The van der Waals surface area contributed by atoms with E-state index in [1.54, 1.807) is 0 Å². The van der Waals surface area contributed by atoms with E-state index in [-0.39, 0.29) is 11.3 Å². The highest BCUT2D eigenvalue weighted by atomic mass is 35.5. The van der Waals surface area contributed by atoms with Crippen molar-refractivity contribution in [2.75, 3.05) is 12.4 Å². The summed E-state index contributed by atoms with van der Waals surface area (Å²) in [7, 11) is 1.22. The zero-order valence-corrected chi connectivity index (χ0v) is 10.1. The molecular formula is C11H12ClF2NO2. The van der Waals surface area contributed by atoms with Crippen molar-refractivity contribution in [1.29, 1.82) is 0 Å². The number of rotatable bonds is 4. The van der Waals surface area contributed by atoms with Crippen LogP contribution in [0.5, 0.6) is 0 Å². The number of esters is 1. The molecule has 1 unspecified atom stereocenters. The Hall–Kier alpha value is -1.36. The number of ether oxygens (including phenoxy) is 1. The summed E-state index contributed by atoms with van der Waals surface area (Å²) in [6.45, 7) is 1.31. The second kappa shape index (κ2) is 5.82. The number of carbonyl (C=O) groups excluding carboxylic acids is 1. The molecule has 6 heteroatoms. The van der Waals surface area contributed by atoms with E-state index in [1.807, 2.05) is 0 Å². The maximum Gasteiger partial charge on any atom is 0.339 e. The molecule has 0 spiro atoms. The fourth-order valence-electron chi connectivity index (χ4n) is 1.23. The van der Waals surface area contributed by atoms with E-state index in [0.717, 1.165) is 0 Å². The van der Waals surface area contributed by atoms with Crippen molar-refractivity contribution in [2.45, 2.75) is 19.4 Å². The zero-order valence-electron chi connectivity index (χ0n) is 9.34. The highest BCUT2D eigenvalue weighted by molar-refractivity contribution is 6.31. The summed E-state index contributed by atoms with van der Waals surface area (Å²) in [5, 5.41) is 2.88. The van der Waals surface area contributed by atoms with Crippen LogP contribution in [0.25, 0.3) is 0 Å². The molecule has 0 saturated heterocycles. The van der Waals surface area contributed by atoms with Crippen LogP contribution in [0.15, 0.2) is 18.2 Å². The molecule has 1 rings (SSSR count). The topological polar surface area (TPSA) is 38.3 Å². The standard InChI is InChI=1S/C11H12ClF2NO2/c1-6(10(13)14)15-9-5-7(12)3-4-8(9)11(16)17-2/h3-6,10,15H,1-2H3. The van der Waals surface area contributed by atoms with Crippen LogP contribution in [0.1, 0.15) is 17.3 Å². The summed E-state index contributed by atoms with van der Waals surface area (Å²) in [5.74, 6) is -0.606. The van der Waals surface area contributed by atoms with E-state index in [2.05, 4.69) is 10.1 Å². The minimum atomic E-state index is -2.54. The molecule has 0 aliphatic heterocycles. The van der Waals surface area contributed by atoms with Crippen LogP contribution >= 0.6 is 11.6 Å². The van der Waals surface area contributed by atoms with Crippen molar-refractivity contribution in [2.24, 2.45) is 0 Å². The number of benzene rings is 1. The molecule has 0 amide bonds. The number of hydrogen-bond donors (Lipinski definition) is 1. The second-order valence-corrected chi connectivity index (χ2v) is 3.89. The van der Waals surface area contributed by atoms with Crippen LogP contribution in [0.2, 0.25) is 5.02 Å². The minimum Gasteiger partial charge on any atom is -0.465 e. The van der Waals surface area contributed by atoms with Gasteiger partial charge in [0.2, 0.25) is 0 Å². The maximum absolute atomic E-state index is 12.4. The lowest BCUT2D eigenvalue weighted by Crippen LogP contribution is -2.25. The summed E-state index contributed by atoms with van der Waals surface area (Å²) < 4.78 is 29.4. The first-order valence-corrected chi connectivity index (χ1v) is 5.26. The summed E-state index contributed by atoms with van der Waals surface area (Å²) >= 11 is 5.75. The molecule has 0 fully saturated rings. The van der Waals surface area contributed by atoms with E-state index in [1.165, 1.54) is 32.2 Å². The van der Waals surface area contributed by atoms with Gasteiger partial charge in [-0.1, -0.05) is 11.6 Å². The summed E-state index contributed by atoms with van der Waals surface area (Å²) in [6, 6.07) is 3.24. The third-order valence-corrected chi connectivity index (χ3v) is 2.38. The molecule has 0 saturated carbocycles. The van der Waals surface area contributed by atoms with Crippen LogP contribution in [0.3, 0.4) is 0 Å². The van der Waals surface area contributed by atoms with Crippen molar-refractivity contribution >= 4 is 23.3 Å². The number of carbonyl (C=O) groups is 1. The highest BCUT2D eigenvalue weighted by Gasteiger charge is 2.18. The average molecular weight is 264 g/mol. The smallest absolute Gasteiger partial charge is 0.339 e. The van der Waals surface area contributed by atoms with Gasteiger partial charge in [0.05, 0.1) is 24.4 Å². The second-order valence-electron chi connectivity index (χ2n) is 3.45. The molecule has 17 heavy (non-hydrogen) atoms. The van der Waals surface area contributed by atoms with Crippen molar-refractivity contribution in [3.8, 4) is 0 Å². The van der Waals surface area contributed by atoms with Gasteiger partial charge in [0, 0.05) is 5.02 Å². The predicted octanol–water partition coefficient (Wildman–Crippen LogP) is 3.19. The Morgan fingerprint density at radius 2 is 2.12 bits per heavy atom. The Kier molecular flexibility index (Phi) is 4.69. The molecule has 0 radical (unpaired) electrons.